The summed E-state index contributed by atoms with van der Waals surface area (Å²) in [5.41, 5.74) is 3.35. The molecule has 1 heterocycles. The maximum Gasteiger partial charge on any atom is 0.237 e. The maximum absolute atomic E-state index is 10.1. The molecule has 0 aromatic heterocycles. The zero-order chi connectivity index (χ0) is 9.68. The number of hydroxylamine groups is 2. The van der Waals surface area contributed by atoms with Crippen LogP contribution in [0.4, 0.5) is 0 Å². The summed E-state index contributed by atoms with van der Waals surface area (Å²) in [6.45, 7) is 0. The summed E-state index contributed by atoms with van der Waals surface area (Å²) in [5, 5.41) is 13.1. The van der Waals surface area contributed by atoms with Gasteiger partial charge in [-0.2, -0.15) is 5.10 Å². The van der Waals surface area contributed by atoms with Crippen LogP contribution in [-0.2, 0) is 4.79 Å². The van der Waals surface area contributed by atoms with E-state index in [4.69, 9.17) is 5.21 Å². The van der Waals surface area contributed by atoms with Crippen molar-refractivity contribution >= 4 is 18.5 Å². The number of aliphatic imine (C=N–C) groups is 1. The van der Waals surface area contributed by atoms with Crippen molar-refractivity contribution in [1.82, 2.24) is 10.5 Å². The van der Waals surface area contributed by atoms with Crippen LogP contribution < -0.4 is 5.43 Å². The zero-order valence-corrected chi connectivity index (χ0v) is 7.14. The molecule has 70 valence electrons. The summed E-state index contributed by atoms with van der Waals surface area (Å²) in [7, 11) is 1.60. The van der Waals surface area contributed by atoms with E-state index in [1.165, 1.54) is 6.20 Å². The summed E-state index contributed by atoms with van der Waals surface area (Å²) in [5.74, 6) is 0.545. The quantitative estimate of drug-likeness (QED) is 0.350. The molecule has 1 rings (SSSR count). The van der Waals surface area contributed by atoms with Crippen LogP contribution >= 0.6 is 0 Å². The third-order valence-corrected chi connectivity index (χ3v) is 1.50. The van der Waals surface area contributed by atoms with E-state index >= 15 is 0 Å². The normalized spacial score (nSPS) is 21.7. The van der Waals surface area contributed by atoms with Gasteiger partial charge in [0.2, 0.25) is 6.41 Å². The molecular weight excluding hydrogens is 172 g/mol. The molecule has 0 saturated heterocycles. The first-order valence-corrected chi connectivity index (χ1v) is 3.66. The van der Waals surface area contributed by atoms with Gasteiger partial charge in [0.15, 0.2) is 0 Å². The van der Waals surface area contributed by atoms with Crippen molar-refractivity contribution in [2.24, 2.45) is 10.1 Å². The Morgan fingerprint density at radius 1 is 1.85 bits per heavy atom. The summed E-state index contributed by atoms with van der Waals surface area (Å²) in [6.07, 6.45) is 3.74. The van der Waals surface area contributed by atoms with Gasteiger partial charge in [-0.15, -0.1) is 0 Å². The van der Waals surface area contributed by atoms with Crippen LogP contribution in [0.15, 0.2) is 21.9 Å². The minimum atomic E-state index is 0.298. The van der Waals surface area contributed by atoms with E-state index < -0.39 is 0 Å². The molecule has 0 aromatic rings. The predicted octanol–water partition coefficient (Wildman–Crippen LogP) is -0.275. The second kappa shape index (κ2) is 4.36. The summed E-state index contributed by atoms with van der Waals surface area (Å²) in [4.78, 5) is 14.0. The lowest BCUT2D eigenvalue weighted by Crippen LogP contribution is -2.26. The Balaban J connectivity index is 2.83. The Bertz CT molecular complexity index is 282. The highest BCUT2D eigenvalue weighted by Crippen LogP contribution is 2.05. The molecule has 13 heavy (non-hydrogen) atoms. The number of amidine groups is 1. The molecule has 0 fully saturated rings. The lowest BCUT2D eigenvalue weighted by Gasteiger charge is -2.13. The van der Waals surface area contributed by atoms with Crippen molar-refractivity contribution in [1.29, 1.82) is 0 Å². The van der Waals surface area contributed by atoms with E-state index in [2.05, 4.69) is 15.5 Å². The lowest BCUT2D eigenvalue weighted by atomic mass is 10.2. The molecule has 0 unspecified atom stereocenters. The van der Waals surface area contributed by atoms with Crippen LogP contribution in [0.25, 0.3) is 0 Å². The highest BCUT2D eigenvalue weighted by Gasteiger charge is 2.09. The van der Waals surface area contributed by atoms with Crippen LogP contribution in [0.2, 0.25) is 0 Å². The van der Waals surface area contributed by atoms with Crippen molar-refractivity contribution in [2.45, 2.75) is 6.42 Å². The topological polar surface area (TPSA) is 77.3 Å². The summed E-state index contributed by atoms with van der Waals surface area (Å²) < 4.78 is 0. The SMILES string of the molecule is CN=C1NN=CC/C1=C/N(O)C=O. The van der Waals surface area contributed by atoms with Crippen LogP contribution in [0.1, 0.15) is 6.42 Å². The van der Waals surface area contributed by atoms with Gasteiger partial charge in [-0.05, 0) is 0 Å². The zero-order valence-electron chi connectivity index (χ0n) is 7.14. The number of hydrogen-bond donors (Lipinski definition) is 2. The van der Waals surface area contributed by atoms with Gasteiger partial charge < -0.3 is 0 Å². The summed E-state index contributed by atoms with van der Waals surface area (Å²) >= 11 is 0. The van der Waals surface area contributed by atoms with Crippen molar-refractivity contribution in [3.63, 3.8) is 0 Å². The Labute approximate surface area is 75.2 Å². The van der Waals surface area contributed by atoms with Gasteiger partial charge in [0.05, 0.1) is 0 Å². The monoisotopic (exact) mass is 182 g/mol. The molecule has 1 amide bonds. The van der Waals surface area contributed by atoms with Gasteiger partial charge >= 0.3 is 0 Å². The van der Waals surface area contributed by atoms with Crippen LogP contribution in [0, 0.1) is 0 Å². The Morgan fingerprint density at radius 3 is 3.23 bits per heavy atom. The molecule has 1 aliphatic heterocycles. The molecule has 6 nitrogen and oxygen atoms in total. The number of hydrazone groups is 1. The van der Waals surface area contributed by atoms with E-state index in [0.29, 0.717) is 29.3 Å². The smallest absolute Gasteiger partial charge is 0.237 e. The van der Waals surface area contributed by atoms with Crippen molar-refractivity contribution in [3.8, 4) is 0 Å². The van der Waals surface area contributed by atoms with E-state index in [0.717, 1.165) is 0 Å². The van der Waals surface area contributed by atoms with E-state index in [1.54, 1.807) is 13.3 Å². The highest BCUT2D eigenvalue weighted by atomic mass is 16.5. The second-order valence-corrected chi connectivity index (χ2v) is 2.34. The molecule has 0 radical (unpaired) electrons. The molecular formula is C7H10N4O2. The molecule has 0 aromatic carbocycles. The standard InChI is InChI=1S/C7H10N4O2/c1-8-7-6(2-3-9-10-7)4-11(13)5-12/h3-5,13H,2H2,1H3,(H,8,10)/b6-4-. The molecule has 2 N–H and O–H groups in total. The Morgan fingerprint density at radius 2 is 2.62 bits per heavy atom. The third-order valence-electron chi connectivity index (χ3n) is 1.50. The first kappa shape index (κ1) is 9.40. The van der Waals surface area contributed by atoms with E-state index in [9.17, 15) is 4.79 Å². The van der Waals surface area contributed by atoms with Crippen molar-refractivity contribution in [2.75, 3.05) is 7.05 Å². The summed E-state index contributed by atoms with van der Waals surface area (Å²) in [6, 6.07) is 0. The predicted molar refractivity (Wildman–Crippen MR) is 47.4 cm³/mol. The average molecular weight is 182 g/mol. The number of nitrogens with zero attached hydrogens (tertiary/aromatic N) is 3. The molecule has 0 spiro atoms. The number of rotatable bonds is 2. The van der Waals surface area contributed by atoms with Gasteiger partial charge in [-0.1, -0.05) is 0 Å². The number of nitrogens with one attached hydrogen (secondary N) is 1. The minimum Gasteiger partial charge on any atom is -0.282 e. The largest absolute Gasteiger partial charge is 0.282 e. The van der Waals surface area contributed by atoms with Gasteiger partial charge in [0, 0.05) is 31.5 Å². The van der Waals surface area contributed by atoms with Crippen LogP contribution in [-0.4, -0.2) is 35.8 Å². The first-order chi connectivity index (χ1) is 6.27. The fourth-order valence-corrected chi connectivity index (χ4v) is 0.917. The van der Waals surface area contributed by atoms with Gasteiger partial charge in [-0.25, -0.2) is 5.06 Å². The fourth-order valence-electron chi connectivity index (χ4n) is 0.917. The molecule has 0 bridgehead atoms. The average Bonchev–Trinajstić information content (AvgIpc) is 2.18. The minimum absolute atomic E-state index is 0.298. The Hall–Kier alpha value is -1.69. The van der Waals surface area contributed by atoms with Gasteiger partial charge in [0.1, 0.15) is 5.84 Å². The lowest BCUT2D eigenvalue weighted by molar-refractivity contribution is -0.138. The molecule has 0 aliphatic carbocycles. The molecule has 0 saturated carbocycles. The molecule has 1 aliphatic rings. The van der Waals surface area contributed by atoms with Crippen molar-refractivity contribution < 1.29 is 10.0 Å². The second-order valence-electron chi connectivity index (χ2n) is 2.34. The first-order valence-electron chi connectivity index (χ1n) is 3.66. The number of carbonyl (C=O) groups is 1. The maximum atomic E-state index is 10.1. The number of amides is 1. The number of carbonyl (C=O) groups excluding carboxylic acids is 1. The Kier molecular flexibility index (Phi) is 3.15. The number of hydrogen-bond acceptors (Lipinski definition) is 4. The van der Waals surface area contributed by atoms with Crippen LogP contribution in [0.3, 0.4) is 0 Å². The van der Waals surface area contributed by atoms with Gasteiger partial charge in [-0.3, -0.25) is 20.4 Å². The molecule has 6 heteroatoms. The van der Waals surface area contributed by atoms with E-state index in [-0.39, 0.29) is 0 Å². The molecule has 0 atom stereocenters. The third kappa shape index (κ3) is 2.38. The fraction of sp³-hybridized carbons (Fsp3) is 0.286. The van der Waals surface area contributed by atoms with Crippen LogP contribution in [0.5, 0.6) is 0 Å². The van der Waals surface area contributed by atoms with Crippen molar-refractivity contribution in [3.05, 3.63) is 11.8 Å². The van der Waals surface area contributed by atoms with E-state index in [1.807, 2.05) is 0 Å². The highest BCUT2D eigenvalue weighted by molar-refractivity contribution is 6.02. The van der Waals surface area contributed by atoms with Gasteiger partial charge in [0.25, 0.3) is 0 Å².